The van der Waals surface area contributed by atoms with Gasteiger partial charge in [0.15, 0.2) is 5.82 Å². The molecule has 5 heteroatoms. The van der Waals surface area contributed by atoms with Crippen LogP contribution in [0.3, 0.4) is 0 Å². The number of aromatic nitrogens is 2. The molecule has 1 heterocycles. The summed E-state index contributed by atoms with van der Waals surface area (Å²) < 4.78 is 10.4. The Morgan fingerprint density at radius 2 is 2.20 bits per heavy atom. The molecule has 5 nitrogen and oxygen atoms in total. The van der Waals surface area contributed by atoms with Crippen LogP contribution in [0.4, 0.5) is 0 Å². The lowest BCUT2D eigenvalue weighted by molar-refractivity contribution is 0.0665. The minimum absolute atomic E-state index is 0.165. The number of hydrogen-bond donors (Lipinski definition) is 1. The van der Waals surface area contributed by atoms with Crippen molar-refractivity contribution in [3.63, 3.8) is 0 Å². The number of nitrogens with two attached hydrogens (primary N) is 1. The number of hydrogen-bond acceptors (Lipinski definition) is 5. The number of rotatable bonds is 6. The van der Waals surface area contributed by atoms with Crippen molar-refractivity contribution in [2.24, 2.45) is 5.73 Å². The molecule has 1 aromatic heterocycles. The summed E-state index contributed by atoms with van der Waals surface area (Å²) in [5.41, 5.74) is 5.84. The maximum atomic E-state index is 5.84. The highest BCUT2D eigenvalue weighted by Gasteiger charge is 2.14. The molecule has 1 aromatic rings. The van der Waals surface area contributed by atoms with Crippen molar-refractivity contribution >= 4 is 0 Å². The Morgan fingerprint density at radius 3 is 2.80 bits per heavy atom. The van der Waals surface area contributed by atoms with Gasteiger partial charge in [0.25, 0.3) is 0 Å². The van der Waals surface area contributed by atoms with Gasteiger partial charge < -0.3 is 15.0 Å². The van der Waals surface area contributed by atoms with E-state index in [0.29, 0.717) is 18.3 Å². The van der Waals surface area contributed by atoms with E-state index in [-0.39, 0.29) is 12.1 Å². The number of ether oxygens (including phenoxy) is 1. The van der Waals surface area contributed by atoms with Gasteiger partial charge in [-0.05, 0) is 20.3 Å². The Kier molecular flexibility index (Phi) is 4.71. The first-order valence-electron chi connectivity index (χ1n) is 5.33. The van der Waals surface area contributed by atoms with Gasteiger partial charge in [0.1, 0.15) is 0 Å². The van der Waals surface area contributed by atoms with Gasteiger partial charge in [0, 0.05) is 6.42 Å². The topological polar surface area (TPSA) is 74.2 Å². The quantitative estimate of drug-likeness (QED) is 0.774. The van der Waals surface area contributed by atoms with E-state index < -0.39 is 0 Å². The molecule has 15 heavy (non-hydrogen) atoms. The summed E-state index contributed by atoms with van der Waals surface area (Å²) in [4.78, 5) is 4.20. The van der Waals surface area contributed by atoms with Crippen molar-refractivity contribution < 1.29 is 9.26 Å². The van der Waals surface area contributed by atoms with Crippen molar-refractivity contribution in [1.29, 1.82) is 0 Å². The predicted octanol–water partition coefficient (Wildman–Crippen LogP) is 1.45. The standard InChI is InChI=1S/C10H19N3O2/c1-4-5-9-12-10(13-15-9)8(11)6-14-7(2)3/h7-8H,4-6,11H2,1-3H3. The highest BCUT2D eigenvalue weighted by atomic mass is 16.5. The second kappa shape index (κ2) is 5.82. The van der Waals surface area contributed by atoms with Crippen molar-refractivity contribution in [3.05, 3.63) is 11.7 Å². The van der Waals surface area contributed by atoms with Gasteiger partial charge in [-0.15, -0.1) is 0 Å². The summed E-state index contributed by atoms with van der Waals surface area (Å²) >= 11 is 0. The molecule has 0 spiro atoms. The predicted molar refractivity (Wildman–Crippen MR) is 56.3 cm³/mol. The first-order valence-corrected chi connectivity index (χ1v) is 5.33. The Morgan fingerprint density at radius 1 is 1.47 bits per heavy atom. The van der Waals surface area contributed by atoms with E-state index in [0.717, 1.165) is 12.8 Å². The molecule has 1 unspecified atom stereocenters. The number of aryl methyl sites for hydroxylation is 1. The minimum atomic E-state index is -0.304. The fourth-order valence-electron chi connectivity index (χ4n) is 1.10. The van der Waals surface area contributed by atoms with E-state index in [1.54, 1.807) is 0 Å². The van der Waals surface area contributed by atoms with Crippen molar-refractivity contribution in [2.75, 3.05) is 6.61 Å². The molecule has 0 aromatic carbocycles. The van der Waals surface area contributed by atoms with Crippen LogP contribution < -0.4 is 5.73 Å². The maximum absolute atomic E-state index is 5.84. The molecule has 0 aliphatic rings. The molecule has 86 valence electrons. The van der Waals surface area contributed by atoms with Crippen LogP contribution in [0.15, 0.2) is 4.52 Å². The zero-order valence-corrected chi connectivity index (χ0v) is 9.56. The van der Waals surface area contributed by atoms with Gasteiger partial charge in [0.2, 0.25) is 5.89 Å². The van der Waals surface area contributed by atoms with E-state index >= 15 is 0 Å². The molecule has 0 aliphatic carbocycles. The lowest BCUT2D eigenvalue weighted by Crippen LogP contribution is -2.20. The van der Waals surface area contributed by atoms with Crippen LogP contribution in [-0.2, 0) is 11.2 Å². The molecule has 0 saturated carbocycles. The average molecular weight is 213 g/mol. The van der Waals surface area contributed by atoms with Gasteiger partial charge in [0.05, 0.1) is 18.8 Å². The van der Waals surface area contributed by atoms with Gasteiger partial charge >= 0.3 is 0 Å². The summed E-state index contributed by atoms with van der Waals surface area (Å²) in [7, 11) is 0. The Bertz CT molecular complexity index is 286. The van der Waals surface area contributed by atoms with Crippen LogP contribution in [0.1, 0.15) is 44.9 Å². The van der Waals surface area contributed by atoms with E-state index in [1.165, 1.54) is 0 Å². The molecule has 0 fully saturated rings. The fraction of sp³-hybridized carbons (Fsp3) is 0.800. The van der Waals surface area contributed by atoms with Gasteiger partial charge in [-0.25, -0.2) is 0 Å². The van der Waals surface area contributed by atoms with Gasteiger partial charge in [-0.3, -0.25) is 0 Å². The Balaban J connectivity index is 2.46. The molecule has 1 atom stereocenters. The van der Waals surface area contributed by atoms with Crippen LogP contribution in [0.25, 0.3) is 0 Å². The first-order chi connectivity index (χ1) is 7.13. The van der Waals surface area contributed by atoms with Gasteiger partial charge in [-0.2, -0.15) is 4.98 Å². The lowest BCUT2D eigenvalue weighted by Gasteiger charge is -2.10. The SMILES string of the molecule is CCCc1nc(C(N)COC(C)C)no1. The van der Waals surface area contributed by atoms with Crippen LogP contribution in [-0.4, -0.2) is 22.9 Å². The molecule has 0 radical (unpaired) electrons. The molecule has 1 rings (SSSR count). The van der Waals surface area contributed by atoms with Crippen molar-refractivity contribution in [3.8, 4) is 0 Å². The smallest absolute Gasteiger partial charge is 0.226 e. The third kappa shape index (κ3) is 3.97. The van der Waals surface area contributed by atoms with Crippen LogP contribution >= 0.6 is 0 Å². The second-order valence-corrected chi connectivity index (χ2v) is 3.78. The molecule has 2 N–H and O–H groups in total. The summed E-state index contributed by atoms with van der Waals surface area (Å²) in [6.45, 7) is 6.41. The molecular formula is C10H19N3O2. The minimum Gasteiger partial charge on any atom is -0.377 e. The van der Waals surface area contributed by atoms with E-state index in [2.05, 4.69) is 17.1 Å². The van der Waals surface area contributed by atoms with Crippen LogP contribution in [0.2, 0.25) is 0 Å². The first kappa shape index (κ1) is 12.1. The third-order valence-electron chi connectivity index (χ3n) is 1.89. The monoisotopic (exact) mass is 213 g/mol. The number of nitrogens with zero attached hydrogens (tertiary/aromatic N) is 2. The van der Waals surface area contributed by atoms with E-state index in [9.17, 15) is 0 Å². The van der Waals surface area contributed by atoms with Crippen molar-refractivity contribution in [1.82, 2.24) is 10.1 Å². The zero-order chi connectivity index (χ0) is 11.3. The average Bonchev–Trinajstić information content (AvgIpc) is 2.63. The summed E-state index contributed by atoms with van der Waals surface area (Å²) in [6.07, 6.45) is 1.95. The van der Waals surface area contributed by atoms with Crippen LogP contribution in [0.5, 0.6) is 0 Å². The van der Waals surface area contributed by atoms with E-state index in [4.69, 9.17) is 15.0 Å². The van der Waals surface area contributed by atoms with Gasteiger partial charge in [-0.1, -0.05) is 12.1 Å². The molecule has 0 aliphatic heterocycles. The van der Waals surface area contributed by atoms with Crippen molar-refractivity contribution in [2.45, 2.75) is 45.8 Å². The Hall–Kier alpha value is -0.940. The third-order valence-corrected chi connectivity index (χ3v) is 1.89. The fourth-order valence-corrected chi connectivity index (χ4v) is 1.10. The molecule has 0 amide bonds. The lowest BCUT2D eigenvalue weighted by atomic mass is 10.3. The largest absolute Gasteiger partial charge is 0.377 e. The summed E-state index contributed by atoms with van der Waals surface area (Å²) in [6, 6.07) is -0.304. The summed E-state index contributed by atoms with van der Waals surface area (Å²) in [5.74, 6) is 1.17. The second-order valence-electron chi connectivity index (χ2n) is 3.78. The maximum Gasteiger partial charge on any atom is 0.226 e. The highest BCUT2D eigenvalue weighted by molar-refractivity contribution is 4.92. The molecular weight excluding hydrogens is 194 g/mol. The Labute approximate surface area is 90.0 Å². The molecule has 0 bridgehead atoms. The summed E-state index contributed by atoms with van der Waals surface area (Å²) in [5, 5.41) is 3.82. The zero-order valence-electron chi connectivity index (χ0n) is 9.56. The molecule has 0 saturated heterocycles. The normalized spacial score (nSPS) is 13.4. The highest BCUT2D eigenvalue weighted by Crippen LogP contribution is 2.08. The van der Waals surface area contributed by atoms with Crippen LogP contribution in [0, 0.1) is 0 Å². The van der Waals surface area contributed by atoms with E-state index in [1.807, 2.05) is 13.8 Å².